The molecular weight excluding hydrogens is 320 g/mol. The summed E-state index contributed by atoms with van der Waals surface area (Å²) in [5, 5.41) is 12.2. The van der Waals surface area contributed by atoms with Gasteiger partial charge in [0.05, 0.1) is 5.69 Å². The molecule has 3 rings (SSSR count). The third-order valence-corrected chi connectivity index (χ3v) is 5.70. The number of carboxylic acid groups (broad SMARTS) is 1. The lowest BCUT2D eigenvalue weighted by Crippen LogP contribution is -2.31. The van der Waals surface area contributed by atoms with Crippen LogP contribution in [-0.4, -0.2) is 39.6 Å². The van der Waals surface area contributed by atoms with Gasteiger partial charge in [-0.3, -0.25) is 9.59 Å². The molecule has 1 aromatic rings. The minimum Gasteiger partial charge on any atom is -0.481 e. The average Bonchev–Trinajstić information content (AvgIpc) is 3.07. The Hall–Kier alpha value is -1.89. The molecule has 7 heteroatoms. The van der Waals surface area contributed by atoms with Crippen molar-refractivity contribution >= 4 is 11.9 Å². The van der Waals surface area contributed by atoms with Gasteiger partial charge in [-0.15, -0.1) is 0 Å². The van der Waals surface area contributed by atoms with Crippen molar-refractivity contribution in [3.63, 3.8) is 0 Å². The highest BCUT2D eigenvalue weighted by atomic mass is 16.4. The van der Waals surface area contributed by atoms with Crippen LogP contribution >= 0.6 is 0 Å². The predicted octanol–water partition coefficient (Wildman–Crippen LogP) is 2.05. The molecule has 0 bridgehead atoms. The van der Waals surface area contributed by atoms with E-state index in [1.54, 1.807) is 0 Å². The normalized spacial score (nSPS) is 25.0. The smallest absolute Gasteiger partial charge is 0.303 e. The summed E-state index contributed by atoms with van der Waals surface area (Å²) in [5.41, 5.74) is 6.54. The predicted molar refractivity (Wildman–Crippen MR) is 93.5 cm³/mol. The summed E-state index contributed by atoms with van der Waals surface area (Å²) in [4.78, 5) is 27.1. The van der Waals surface area contributed by atoms with Crippen LogP contribution < -0.4 is 11.1 Å². The second-order valence-corrected chi connectivity index (χ2v) is 7.39. The summed E-state index contributed by atoms with van der Waals surface area (Å²) in [6.07, 6.45) is 9.10. The van der Waals surface area contributed by atoms with E-state index in [4.69, 9.17) is 10.8 Å². The first-order valence-electron chi connectivity index (χ1n) is 9.35. The first-order valence-corrected chi connectivity index (χ1v) is 9.35. The summed E-state index contributed by atoms with van der Waals surface area (Å²) in [7, 11) is 0. The van der Waals surface area contributed by atoms with Crippen LogP contribution in [0.1, 0.15) is 79.6 Å². The van der Waals surface area contributed by atoms with Crippen molar-refractivity contribution in [2.24, 2.45) is 11.7 Å². The van der Waals surface area contributed by atoms with Crippen molar-refractivity contribution in [1.29, 1.82) is 0 Å². The number of nitrogens with two attached hydrogens (primary N) is 1. The average molecular weight is 348 g/mol. The number of primary amides is 1. The molecule has 1 saturated carbocycles. The molecule has 2 heterocycles. The molecule has 7 nitrogen and oxygen atoms in total. The Morgan fingerprint density at radius 1 is 1.20 bits per heavy atom. The van der Waals surface area contributed by atoms with E-state index in [1.807, 2.05) is 10.8 Å². The molecule has 138 valence electrons. The van der Waals surface area contributed by atoms with Gasteiger partial charge in [-0.05, 0) is 64.0 Å². The zero-order valence-corrected chi connectivity index (χ0v) is 14.6. The SMILES string of the molecule is NC(=O)c1nc([C@H]2CC[C@H](CCC(=O)O)CC2)cn1C1CCNCC1. The molecule has 1 aromatic heterocycles. The summed E-state index contributed by atoms with van der Waals surface area (Å²) in [6.45, 7) is 1.90. The zero-order valence-electron chi connectivity index (χ0n) is 14.6. The number of carboxylic acids is 1. The fraction of sp³-hybridized carbons (Fsp3) is 0.722. The van der Waals surface area contributed by atoms with Crippen molar-refractivity contribution in [1.82, 2.24) is 14.9 Å². The third-order valence-electron chi connectivity index (χ3n) is 5.70. The Bertz CT molecular complexity index is 614. The molecule has 2 fully saturated rings. The number of carbonyl (C=O) groups is 2. The lowest BCUT2D eigenvalue weighted by Gasteiger charge is -2.27. The molecule has 4 N–H and O–H groups in total. The second-order valence-electron chi connectivity index (χ2n) is 7.39. The van der Waals surface area contributed by atoms with E-state index in [2.05, 4.69) is 10.3 Å². The van der Waals surface area contributed by atoms with Crippen LogP contribution in [-0.2, 0) is 4.79 Å². The Balaban J connectivity index is 1.66. The van der Waals surface area contributed by atoms with Gasteiger partial charge >= 0.3 is 5.97 Å². The van der Waals surface area contributed by atoms with E-state index in [1.165, 1.54) is 0 Å². The number of nitrogens with one attached hydrogen (secondary N) is 1. The molecule has 1 saturated heterocycles. The Labute approximate surface area is 148 Å². The van der Waals surface area contributed by atoms with Crippen LogP contribution in [0.15, 0.2) is 6.20 Å². The molecule has 25 heavy (non-hydrogen) atoms. The molecule has 0 aromatic carbocycles. The number of piperidine rings is 1. The summed E-state index contributed by atoms with van der Waals surface area (Å²) in [5.74, 6) is 0.0559. The Morgan fingerprint density at radius 3 is 2.48 bits per heavy atom. The summed E-state index contributed by atoms with van der Waals surface area (Å²) >= 11 is 0. The minimum atomic E-state index is -0.714. The van der Waals surface area contributed by atoms with Crippen molar-refractivity contribution in [3.05, 3.63) is 17.7 Å². The van der Waals surface area contributed by atoms with E-state index in [9.17, 15) is 9.59 Å². The lowest BCUT2D eigenvalue weighted by molar-refractivity contribution is -0.137. The van der Waals surface area contributed by atoms with Gasteiger partial charge in [0.25, 0.3) is 5.91 Å². The minimum absolute atomic E-state index is 0.255. The van der Waals surface area contributed by atoms with Gasteiger partial charge < -0.3 is 20.7 Å². The molecule has 0 unspecified atom stereocenters. The largest absolute Gasteiger partial charge is 0.481 e. The molecule has 0 atom stereocenters. The van der Waals surface area contributed by atoms with Gasteiger partial charge in [-0.2, -0.15) is 0 Å². The van der Waals surface area contributed by atoms with Crippen molar-refractivity contribution in [2.45, 2.75) is 63.3 Å². The standard InChI is InChI=1S/C18H28N4O3/c19-17(25)18-21-15(11-22(18)14-7-9-20-10-8-14)13-4-1-12(2-5-13)3-6-16(23)24/h11-14,20H,1-10H2,(H2,19,25)(H,23,24)/t12-,13-. The van der Waals surface area contributed by atoms with Crippen LogP contribution in [0.3, 0.4) is 0 Å². The maximum Gasteiger partial charge on any atom is 0.303 e. The fourth-order valence-corrected chi connectivity index (χ4v) is 4.23. The molecular formula is C18H28N4O3. The highest BCUT2D eigenvalue weighted by Gasteiger charge is 2.28. The van der Waals surface area contributed by atoms with Crippen LogP contribution in [0.4, 0.5) is 0 Å². The van der Waals surface area contributed by atoms with E-state index >= 15 is 0 Å². The van der Waals surface area contributed by atoms with Gasteiger partial charge in [-0.1, -0.05) is 0 Å². The number of hydrogen-bond donors (Lipinski definition) is 3. The molecule has 0 spiro atoms. The second kappa shape index (κ2) is 7.99. The first kappa shape index (κ1) is 17.9. The van der Waals surface area contributed by atoms with Crippen molar-refractivity contribution in [2.75, 3.05) is 13.1 Å². The zero-order chi connectivity index (χ0) is 17.8. The van der Waals surface area contributed by atoms with Crippen molar-refractivity contribution < 1.29 is 14.7 Å². The molecule has 1 amide bonds. The number of imidazole rings is 1. The van der Waals surface area contributed by atoms with Gasteiger partial charge in [0.1, 0.15) is 0 Å². The maximum absolute atomic E-state index is 11.8. The number of aromatic nitrogens is 2. The van der Waals surface area contributed by atoms with E-state index in [-0.39, 0.29) is 12.5 Å². The monoisotopic (exact) mass is 348 g/mol. The fourth-order valence-electron chi connectivity index (χ4n) is 4.23. The maximum atomic E-state index is 11.8. The van der Waals surface area contributed by atoms with E-state index in [0.717, 1.165) is 63.7 Å². The number of amides is 1. The van der Waals surface area contributed by atoms with Gasteiger partial charge in [0.2, 0.25) is 0 Å². The first-order chi connectivity index (χ1) is 12.0. The van der Waals surface area contributed by atoms with E-state index in [0.29, 0.717) is 17.7 Å². The van der Waals surface area contributed by atoms with Crippen LogP contribution in [0.5, 0.6) is 0 Å². The molecule has 2 aliphatic rings. The van der Waals surface area contributed by atoms with Crippen LogP contribution in [0, 0.1) is 5.92 Å². The molecule has 1 aliphatic heterocycles. The molecule has 1 aliphatic carbocycles. The topological polar surface area (TPSA) is 110 Å². The quantitative estimate of drug-likeness (QED) is 0.729. The highest BCUT2D eigenvalue weighted by molar-refractivity contribution is 5.89. The van der Waals surface area contributed by atoms with E-state index < -0.39 is 11.9 Å². The number of aliphatic carboxylic acids is 1. The van der Waals surface area contributed by atoms with Crippen molar-refractivity contribution in [3.8, 4) is 0 Å². The number of hydrogen-bond acceptors (Lipinski definition) is 4. The van der Waals surface area contributed by atoms with Gasteiger partial charge in [-0.25, -0.2) is 4.98 Å². The lowest BCUT2D eigenvalue weighted by atomic mass is 9.79. The summed E-state index contributed by atoms with van der Waals surface area (Å²) in [6, 6.07) is 0.289. The van der Waals surface area contributed by atoms with Crippen LogP contribution in [0.2, 0.25) is 0 Å². The van der Waals surface area contributed by atoms with Gasteiger partial charge in [0.15, 0.2) is 5.82 Å². The Kier molecular flexibility index (Phi) is 5.73. The third kappa shape index (κ3) is 4.39. The Morgan fingerprint density at radius 2 is 1.88 bits per heavy atom. The highest BCUT2D eigenvalue weighted by Crippen LogP contribution is 2.37. The summed E-state index contributed by atoms with van der Waals surface area (Å²) < 4.78 is 2.00. The number of carbonyl (C=O) groups excluding carboxylic acids is 1. The van der Waals surface area contributed by atoms with Crippen LogP contribution in [0.25, 0.3) is 0 Å². The number of nitrogens with zero attached hydrogens (tertiary/aromatic N) is 2. The molecule has 0 radical (unpaired) electrons. The van der Waals surface area contributed by atoms with Gasteiger partial charge in [0, 0.05) is 24.6 Å². The number of rotatable bonds is 6.